The maximum atomic E-state index is 3.98. The summed E-state index contributed by atoms with van der Waals surface area (Å²) in [5.41, 5.74) is 2.28. The summed E-state index contributed by atoms with van der Waals surface area (Å²) in [5, 5.41) is 0. The summed E-state index contributed by atoms with van der Waals surface area (Å²) in [7, 11) is 0. The quantitative estimate of drug-likeness (QED) is 0.589. The highest BCUT2D eigenvalue weighted by molar-refractivity contribution is 5.71. The van der Waals surface area contributed by atoms with E-state index in [9.17, 15) is 0 Å². The van der Waals surface area contributed by atoms with Gasteiger partial charge in [-0.1, -0.05) is 56.0 Å². The van der Waals surface area contributed by atoms with E-state index in [0.717, 1.165) is 12.0 Å². The summed E-state index contributed by atoms with van der Waals surface area (Å²) in [6, 6.07) is 10.2. The fourth-order valence-electron chi connectivity index (χ4n) is 1.01. The van der Waals surface area contributed by atoms with E-state index in [4.69, 9.17) is 0 Å². The molecule has 0 aliphatic heterocycles. The van der Waals surface area contributed by atoms with Gasteiger partial charge in [-0.3, -0.25) is 0 Å². The van der Waals surface area contributed by atoms with E-state index in [1.54, 1.807) is 0 Å². The number of hydrogen-bond acceptors (Lipinski definition) is 0. The molecule has 0 heterocycles. The van der Waals surface area contributed by atoms with Crippen molar-refractivity contribution in [2.45, 2.75) is 13.3 Å². The van der Waals surface area contributed by atoms with E-state index in [1.165, 1.54) is 5.56 Å². The lowest BCUT2D eigenvalue weighted by Gasteiger charge is -1.97. The predicted molar refractivity (Wildman–Crippen MR) is 54.9 cm³/mol. The van der Waals surface area contributed by atoms with Gasteiger partial charge in [0.15, 0.2) is 0 Å². The van der Waals surface area contributed by atoms with Crippen molar-refractivity contribution >= 4 is 5.57 Å². The van der Waals surface area contributed by atoms with E-state index < -0.39 is 0 Å². The fourth-order valence-corrected chi connectivity index (χ4v) is 1.01. The lowest BCUT2D eigenvalue weighted by atomic mass is 10.1. The van der Waals surface area contributed by atoms with Crippen molar-refractivity contribution < 1.29 is 0 Å². The van der Waals surface area contributed by atoms with Crippen LogP contribution in [0.1, 0.15) is 18.9 Å². The molecule has 12 heavy (non-hydrogen) atoms. The normalized spacial score (nSPS) is 10.4. The molecule has 0 bridgehead atoms. The second kappa shape index (κ2) is 4.55. The number of allylic oxidation sites excluding steroid dienone is 3. The minimum atomic E-state index is 1.06. The van der Waals surface area contributed by atoms with Crippen LogP contribution in [0.15, 0.2) is 49.1 Å². The summed E-state index contributed by atoms with van der Waals surface area (Å²) in [6.45, 7) is 6.10. The monoisotopic (exact) mass is 158 g/mol. The molecule has 0 aromatic heterocycles. The molecule has 0 saturated heterocycles. The average molecular weight is 158 g/mol. The Morgan fingerprint density at radius 1 is 1.33 bits per heavy atom. The van der Waals surface area contributed by atoms with Gasteiger partial charge in [0, 0.05) is 0 Å². The van der Waals surface area contributed by atoms with E-state index in [0.29, 0.717) is 0 Å². The third-order valence-corrected chi connectivity index (χ3v) is 1.70. The molecule has 0 unspecified atom stereocenters. The van der Waals surface area contributed by atoms with Gasteiger partial charge in [0.05, 0.1) is 0 Å². The van der Waals surface area contributed by atoms with Crippen LogP contribution in [0.4, 0.5) is 0 Å². The summed E-state index contributed by atoms with van der Waals surface area (Å²) in [6.07, 6.45) is 5.25. The van der Waals surface area contributed by atoms with Crippen LogP contribution in [0.5, 0.6) is 0 Å². The highest BCUT2D eigenvalue weighted by Gasteiger charge is 1.90. The Kier molecular flexibility index (Phi) is 3.34. The third-order valence-electron chi connectivity index (χ3n) is 1.70. The molecule has 62 valence electrons. The van der Waals surface area contributed by atoms with Crippen molar-refractivity contribution in [3.63, 3.8) is 0 Å². The zero-order valence-corrected chi connectivity index (χ0v) is 7.46. The molecule has 0 amide bonds. The summed E-state index contributed by atoms with van der Waals surface area (Å²) in [4.78, 5) is 0. The summed E-state index contributed by atoms with van der Waals surface area (Å²) >= 11 is 0. The first-order valence-electron chi connectivity index (χ1n) is 4.25. The second-order valence-corrected chi connectivity index (χ2v) is 2.70. The van der Waals surface area contributed by atoms with Gasteiger partial charge in [-0.15, -0.1) is 0 Å². The van der Waals surface area contributed by atoms with Crippen LogP contribution in [0.2, 0.25) is 0 Å². The van der Waals surface area contributed by atoms with Gasteiger partial charge in [0.1, 0.15) is 0 Å². The molecule has 0 saturated carbocycles. The summed E-state index contributed by atoms with van der Waals surface area (Å²) in [5.74, 6) is 0. The number of hydrogen-bond donors (Lipinski definition) is 0. The van der Waals surface area contributed by atoms with Crippen LogP contribution in [0.25, 0.3) is 5.57 Å². The standard InChI is InChI=1S/C12H14/c1-3-4-8-11(2)12-9-6-5-7-10-12/h4-10H,2-3H2,1H3/b8-4+. The molecule has 0 fully saturated rings. The van der Waals surface area contributed by atoms with E-state index in [2.05, 4.69) is 37.8 Å². The molecule has 1 rings (SSSR count). The maximum Gasteiger partial charge on any atom is -0.0190 e. The Balaban J connectivity index is 2.72. The maximum absolute atomic E-state index is 3.98. The Morgan fingerprint density at radius 3 is 2.58 bits per heavy atom. The van der Waals surface area contributed by atoms with Crippen molar-refractivity contribution in [2.75, 3.05) is 0 Å². The van der Waals surface area contributed by atoms with Crippen molar-refractivity contribution in [1.82, 2.24) is 0 Å². The van der Waals surface area contributed by atoms with Crippen molar-refractivity contribution in [2.24, 2.45) is 0 Å². The van der Waals surface area contributed by atoms with Gasteiger partial charge < -0.3 is 0 Å². The molecule has 0 atom stereocenters. The highest BCUT2D eigenvalue weighted by Crippen LogP contribution is 2.12. The molecular formula is C12H14. The first-order chi connectivity index (χ1) is 5.84. The first kappa shape index (κ1) is 8.79. The van der Waals surface area contributed by atoms with E-state index in [-0.39, 0.29) is 0 Å². The highest BCUT2D eigenvalue weighted by atomic mass is 14.0. The molecule has 0 heteroatoms. The van der Waals surface area contributed by atoms with Crippen LogP contribution in [0, 0.1) is 0 Å². The van der Waals surface area contributed by atoms with Gasteiger partial charge in [-0.2, -0.15) is 0 Å². The predicted octanol–water partition coefficient (Wildman–Crippen LogP) is 3.67. The molecule has 0 aliphatic carbocycles. The lowest BCUT2D eigenvalue weighted by molar-refractivity contribution is 1.23. The van der Waals surface area contributed by atoms with Crippen LogP contribution >= 0.6 is 0 Å². The molecular weight excluding hydrogens is 144 g/mol. The van der Waals surface area contributed by atoms with Gasteiger partial charge in [0.25, 0.3) is 0 Å². The number of benzene rings is 1. The van der Waals surface area contributed by atoms with E-state index >= 15 is 0 Å². The molecule has 1 aromatic carbocycles. The largest absolute Gasteiger partial charge is 0.0912 e. The Hall–Kier alpha value is -1.30. The average Bonchev–Trinajstić information content (AvgIpc) is 2.15. The SMILES string of the molecule is C=C(/C=C/CC)c1ccccc1. The van der Waals surface area contributed by atoms with Gasteiger partial charge in [0.2, 0.25) is 0 Å². The van der Waals surface area contributed by atoms with Crippen molar-refractivity contribution in [3.05, 3.63) is 54.6 Å². The lowest BCUT2D eigenvalue weighted by Crippen LogP contribution is -1.76. The van der Waals surface area contributed by atoms with Crippen LogP contribution in [-0.2, 0) is 0 Å². The van der Waals surface area contributed by atoms with Crippen molar-refractivity contribution in [1.29, 1.82) is 0 Å². The minimum absolute atomic E-state index is 1.06. The molecule has 0 N–H and O–H groups in total. The molecule has 1 aromatic rings. The Labute approximate surface area is 74.2 Å². The van der Waals surface area contributed by atoms with Gasteiger partial charge in [-0.05, 0) is 17.6 Å². The molecule has 0 radical (unpaired) electrons. The topological polar surface area (TPSA) is 0 Å². The Bertz CT molecular complexity index is 267. The van der Waals surface area contributed by atoms with Crippen molar-refractivity contribution in [3.8, 4) is 0 Å². The zero-order valence-electron chi connectivity index (χ0n) is 7.46. The third kappa shape index (κ3) is 2.39. The van der Waals surface area contributed by atoms with Gasteiger partial charge >= 0.3 is 0 Å². The summed E-state index contributed by atoms with van der Waals surface area (Å²) < 4.78 is 0. The molecule has 0 nitrogen and oxygen atoms in total. The van der Waals surface area contributed by atoms with Crippen LogP contribution in [-0.4, -0.2) is 0 Å². The van der Waals surface area contributed by atoms with E-state index in [1.807, 2.05) is 18.2 Å². The smallest absolute Gasteiger partial charge is 0.0190 e. The Morgan fingerprint density at radius 2 is 2.00 bits per heavy atom. The zero-order chi connectivity index (χ0) is 8.81. The van der Waals surface area contributed by atoms with Crippen LogP contribution in [0.3, 0.4) is 0 Å². The van der Waals surface area contributed by atoms with Crippen LogP contribution < -0.4 is 0 Å². The molecule has 0 spiro atoms. The first-order valence-corrected chi connectivity index (χ1v) is 4.25. The van der Waals surface area contributed by atoms with Gasteiger partial charge in [-0.25, -0.2) is 0 Å². The number of rotatable bonds is 3. The minimum Gasteiger partial charge on any atom is -0.0912 e. The molecule has 0 aliphatic rings. The fraction of sp³-hybridized carbons (Fsp3) is 0.167. The second-order valence-electron chi connectivity index (χ2n) is 2.70.